The molecule has 74 valence electrons. The Morgan fingerprint density at radius 1 is 1.43 bits per heavy atom. The molecule has 0 saturated heterocycles. The second kappa shape index (κ2) is 4.30. The van der Waals surface area contributed by atoms with E-state index < -0.39 is 0 Å². The number of rotatable bonds is 3. The van der Waals surface area contributed by atoms with Gasteiger partial charge in [0, 0.05) is 12.2 Å². The fourth-order valence-corrected chi connectivity index (χ4v) is 1.38. The second-order valence-corrected chi connectivity index (χ2v) is 4.34. The predicted molar refractivity (Wildman–Crippen MR) is 58.9 cm³/mol. The van der Waals surface area contributed by atoms with Gasteiger partial charge >= 0.3 is 0 Å². The maximum atomic E-state index is 9.14. The average Bonchev–Trinajstić information content (AvgIpc) is 2.17. The Balaban J connectivity index is 2.83. The van der Waals surface area contributed by atoms with Crippen LogP contribution in [0.3, 0.4) is 0 Å². The molecule has 14 heavy (non-hydrogen) atoms. The molecule has 1 nitrogen and oxygen atoms in total. The molecule has 0 fully saturated rings. The Hall–Kier alpha value is -1.26. The van der Waals surface area contributed by atoms with Crippen LogP contribution in [-0.4, -0.2) is 11.7 Å². The van der Waals surface area contributed by atoms with Gasteiger partial charge in [-0.1, -0.05) is 31.9 Å². The highest BCUT2D eigenvalue weighted by molar-refractivity contribution is 5.35. The zero-order chi connectivity index (χ0) is 10.6. The van der Waals surface area contributed by atoms with Crippen molar-refractivity contribution >= 4 is 0 Å². The number of hydrogen-bond donors (Lipinski definition) is 1. The van der Waals surface area contributed by atoms with Crippen molar-refractivity contribution < 1.29 is 5.11 Å². The Morgan fingerprint density at radius 3 is 2.71 bits per heavy atom. The van der Waals surface area contributed by atoms with Gasteiger partial charge in [0.25, 0.3) is 0 Å². The molecular weight excluding hydrogens is 172 g/mol. The van der Waals surface area contributed by atoms with Crippen molar-refractivity contribution in [2.75, 3.05) is 6.61 Å². The zero-order valence-electron chi connectivity index (χ0n) is 8.75. The van der Waals surface area contributed by atoms with Crippen molar-refractivity contribution in [2.24, 2.45) is 5.41 Å². The van der Waals surface area contributed by atoms with E-state index >= 15 is 0 Å². The predicted octanol–water partition coefficient (Wildman–Crippen LogP) is 2.23. The van der Waals surface area contributed by atoms with Crippen LogP contribution in [-0.2, 0) is 6.42 Å². The molecule has 1 aromatic carbocycles. The van der Waals surface area contributed by atoms with Crippen LogP contribution >= 0.6 is 0 Å². The Morgan fingerprint density at radius 2 is 2.14 bits per heavy atom. The normalized spacial score (nSPS) is 11.0. The molecule has 1 aromatic rings. The molecule has 0 heterocycles. The summed E-state index contributed by atoms with van der Waals surface area (Å²) in [4.78, 5) is 0. The Bertz CT molecular complexity index is 344. The molecule has 1 rings (SSSR count). The Kier molecular flexibility index (Phi) is 3.33. The third-order valence-corrected chi connectivity index (χ3v) is 2.20. The smallest absolute Gasteiger partial charge is 0.0485 e. The lowest BCUT2D eigenvalue weighted by molar-refractivity contribution is 0.159. The maximum absolute atomic E-state index is 9.14. The molecule has 1 N–H and O–H groups in total. The van der Waals surface area contributed by atoms with Gasteiger partial charge in [0.1, 0.15) is 0 Å². The zero-order valence-corrected chi connectivity index (χ0v) is 8.75. The van der Waals surface area contributed by atoms with Crippen LogP contribution in [0, 0.1) is 17.8 Å². The van der Waals surface area contributed by atoms with Gasteiger partial charge in [0.05, 0.1) is 0 Å². The van der Waals surface area contributed by atoms with Gasteiger partial charge in [-0.2, -0.15) is 0 Å². The van der Waals surface area contributed by atoms with Crippen LogP contribution in [0.2, 0.25) is 0 Å². The van der Waals surface area contributed by atoms with Gasteiger partial charge in [0.2, 0.25) is 0 Å². The van der Waals surface area contributed by atoms with E-state index in [4.69, 9.17) is 11.5 Å². The van der Waals surface area contributed by atoms with Gasteiger partial charge in [0.15, 0.2) is 0 Å². The second-order valence-electron chi connectivity index (χ2n) is 4.34. The fourth-order valence-electron chi connectivity index (χ4n) is 1.38. The van der Waals surface area contributed by atoms with E-state index in [0.29, 0.717) is 0 Å². The number of hydrogen-bond acceptors (Lipinski definition) is 1. The summed E-state index contributed by atoms with van der Waals surface area (Å²) in [5.41, 5.74) is 2.00. The van der Waals surface area contributed by atoms with Crippen molar-refractivity contribution in [3.8, 4) is 12.3 Å². The molecule has 0 aliphatic heterocycles. The SMILES string of the molecule is C#Cc1cccc(CC(C)(C)CO)c1. The lowest BCUT2D eigenvalue weighted by atomic mass is 9.86. The largest absolute Gasteiger partial charge is 0.396 e. The van der Waals surface area contributed by atoms with E-state index in [0.717, 1.165) is 12.0 Å². The van der Waals surface area contributed by atoms with Gasteiger partial charge in [-0.25, -0.2) is 0 Å². The summed E-state index contributed by atoms with van der Waals surface area (Å²) in [6, 6.07) is 7.91. The van der Waals surface area contributed by atoms with Gasteiger partial charge in [-0.05, 0) is 29.5 Å². The minimum Gasteiger partial charge on any atom is -0.396 e. The summed E-state index contributed by atoms with van der Waals surface area (Å²) in [5.74, 6) is 2.61. The lowest BCUT2D eigenvalue weighted by Gasteiger charge is -2.21. The number of aliphatic hydroxyl groups is 1. The number of terminal acetylenes is 1. The topological polar surface area (TPSA) is 20.2 Å². The highest BCUT2D eigenvalue weighted by atomic mass is 16.3. The molecule has 0 aliphatic rings. The first-order valence-electron chi connectivity index (χ1n) is 4.74. The summed E-state index contributed by atoms with van der Waals surface area (Å²) in [5, 5.41) is 9.14. The van der Waals surface area contributed by atoms with E-state index in [1.165, 1.54) is 5.56 Å². The molecular formula is C13H16O. The van der Waals surface area contributed by atoms with Gasteiger partial charge in [-0.3, -0.25) is 0 Å². The van der Waals surface area contributed by atoms with Crippen molar-refractivity contribution in [1.29, 1.82) is 0 Å². The summed E-state index contributed by atoms with van der Waals surface area (Å²) < 4.78 is 0. The minimum atomic E-state index is -0.0762. The molecule has 0 aromatic heterocycles. The molecule has 0 amide bonds. The molecule has 0 spiro atoms. The van der Waals surface area contributed by atoms with Gasteiger partial charge < -0.3 is 5.11 Å². The number of benzene rings is 1. The van der Waals surface area contributed by atoms with Crippen molar-refractivity contribution in [3.05, 3.63) is 35.4 Å². The quantitative estimate of drug-likeness (QED) is 0.721. The van der Waals surface area contributed by atoms with E-state index in [9.17, 15) is 0 Å². The molecule has 0 atom stereocenters. The van der Waals surface area contributed by atoms with Crippen LogP contribution < -0.4 is 0 Å². The van der Waals surface area contributed by atoms with Crippen molar-refractivity contribution in [1.82, 2.24) is 0 Å². The highest BCUT2D eigenvalue weighted by Crippen LogP contribution is 2.21. The first kappa shape index (κ1) is 10.8. The summed E-state index contributed by atoms with van der Waals surface area (Å²) in [6.07, 6.45) is 6.16. The maximum Gasteiger partial charge on any atom is 0.0485 e. The Labute approximate surface area is 85.8 Å². The third kappa shape index (κ3) is 2.90. The molecule has 0 saturated carbocycles. The highest BCUT2D eigenvalue weighted by Gasteiger charge is 2.16. The molecule has 0 aliphatic carbocycles. The van der Waals surface area contributed by atoms with Crippen LogP contribution in [0.25, 0.3) is 0 Å². The van der Waals surface area contributed by atoms with Crippen molar-refractivity contribution in [3.63, 3.8) is 0 Å². The monoisotopic (exact) mass is 188 g/mol. The van der Waals surface area contributed by atoms with Crippen LogP contribution in [0.1, 0.15) is 25.0 Å². The van der Waals surface area contributed by atoms with E-state index in [1.54, 1.807) is 0 Å². The number of aliphatic hydroxyl groups excluding tert-OH is 1. The summed E-state index contributed by atoms with van der Waals surface area (Å²) in [7, 11) is 0. The molecule has 0 bridgehead atoms. The lowest BCUT2D eigenvalue weighted by Crippen LogP contribution is -2.19. The summed E-state index contributed by atoms with van der Waals surface area (Å²) in [6.45, 7) is 4.26. The first-order valence-corrected chi connectivity index (χ1v) is 4.74. The fraction of sp³-hybridized carbons (Fsp3) is 0.385. The average molecular weight is 188 g/mol. The standard InChI is InChI=1S/C13H16O/c1-4-11-6-5-7-12(8-11)9-13(2,3)10-14/h1,5-8,14H,9-10H2,2-3H3. The van der Waals surface area contributed by atoms with E-state index in [2.05, 4.69) is 5.92 Å². The molecule has 1 heteroatoms. The van der Waals surface area contributed by atoms with E-state index in [1.807, 2.05) is 38.1 Å². The molecule has 0 unspecified atom stereocenters. The van der Waals surface area contributed by atoms with Crippen LogP contribution in [0.5, 0.6) is 0 Å². The van der Waals surface area contributed by atoms with Crippen LogP contribution in [0.15, 0.2) is 24.3 Å². The van der Waals surface area contributed by atoms with E-state index in [-0.39, 0.29) is 12.0 Å². The van der Waals surface area contributed by atoms with Gasteiger partial charge in [-0.15, -0.1) is 6.42 Å². The van der Waals surface area contributed by atoms with Crippen LogP contribution in [0.4, 0.5) is 0 Å². The first-order chi connectivity index (χ1) is 6.57. The minimum absolute atomic E-state index is 0.0762. The van der Waals surface area contributed by atoms with Crippen molar-refractivity contribution in [2.45, 2.75) is 20.3 Å². The summed E-state index contributed by atoms with van der Waals surface area (Å²) >= 11 is 0. The third-order valence-electron chi connectivity index (χ3n) is 2.20. The molecule has 0 radical (unpaired) electrons.